The van der Waals surface area contributed by atoms with Gasteiger partial charge in [0.2, 0.25) is 0 Å². The molecule has 1 saturated heterocycles. The maximum Gasteiger partial charge on any atom is 0.325 e. The minimum Gasteiger partial charge on any atom is -0.480 e. The summed E-state index contributed by atoms with van der Waals surface area (Å²) >= 11 is 0. The summed E-state index contributed by atoms with van der Waals surface area (Å²) in [7, 11) is 9.67. The van der Waals surface area contributed by atoms with Crippen LogP contribution in [-0.2, 0) is 4.79 Å². The van der Waals surface area contributed by atoms with E-state index in [2.05, 4.69) is 37.7 Å². The Morgan fingerprint density at radius 1 is 1.52 bits per heavy atom. The topological polar surface area (TPSA) is 69.8 Å². The highest BCUT2D eigenvalue weighted by atomic mass is 16.4. The highest BCUT2D eigenvalue weighted by Crippen LogP contribution is 2.32. The predicted octanol–water partition coefficient (Wildman–Crippen LogP) is 0.655. The molecule has 0 aliphatic carbocycles. The van der Waals surface area contributed by atoms with Gasteiger partial charge in [-0.1, -0.05) is 26.6 Å². The molecular weight excluding hydrogens is 265 g/mol. The van der Waals surface area contributed by atoms with Crippen LogP contribution in [0.1, 0.15) is 26.7 Å². The molecule has 1 aliphatic heterocycles. The molecule has 5 nitrogen and oxygen atoms in total. The zero-order chi connectivity index (χ0) is 16.3. The van der Waals surface area contributed by atoms with E-state index in [1.54, 1.807) is 0 Å². The Labute approximate surface area is 130 Å². The normalized spacial score (nSPS) is 27.4. The van der Waals surface area contributed by atoms with Gasteiger partial charge in [0.25, 0.3) is 0 Å². The summed E-state index contributed by atoms with van der Waals surface area (Å²) in [6.45, 7) is 7.41. The van der Waals surface area contributed by atoms with Crippen molar-refractivity contribution in [2.75, 3.05) is 40.3 Å². The number of carboxylic acids is 1. The zero-order valence-electron chi connectivity index (χ0n) is 13.9. The lowest BCUT2D eigenvalue weighted by Gasteiger charge is -2.33. The van der Waals surface area contributed by atoms with Crippen LogP contribution in [0, 0.1) is 11.3 Å². The number of nitrogens with zero attached hydrogens (tertiary/aromatic N) is 2. The first-order chi connectivity index (χ1) is 9.60. The number of carboxylic acid groups (broad SMARTS) is 1. The van der Waals surface area contributed by atoms with Gasteiger partial charge in [0.15, 0.2) is 0 Å². The molecular formula is C15H30BN3O2. The van der Waals surface area contributed by atoms with E-state index < -0.39 is 11.5 Å². The molecule has 21 heavy (non-hydrogen) atoms. The fraction of sp³-hybridized carbons (Fsp3) is 0.933. The van der Waals surface area contributed by atoms with E-state index in [-0.39, 0.29) is 11.3 Å². The van der Waals surface area contributed by atoms with Gasteiger partial charge in [-0.25, -0.2) is 0 Å². The molecule has 2 atom stereocenters. The van der Waals surface area contributed by atoms with E-state index >= 15 is 0 Å². The van der Waals surface area contributed by atoms with Gasteiger partial charge in [0.05, 0.1) is 7.85 Å². The predicted molar refractivity (Wildman–Crippen MR) is 86.6 cm³/mol. The Kier molecular flexibility index (Phi) is 6.26. The van der Waals surface area contributed by atoms with Crippen LogP contribution in [-0.4, -0.2) is 74.5 Å². The van der Waals surface area contributed by atoms with Crippen LogP contribution in [0.15, 0.2) is 0 Å². The van der Waals surface area contributed by atoms with Gasteiger partial charge >= 0.3 is 5.97 Å². The number of carbonyl (C=O) groups is 1. The highest BCUT2D eigenvalue weighted by molar-refractivity contribution is 6.08. The number of hydrogen-bond acceptors (Lipinski definition) is 4. The zero-order valence-corrected chi connectivity index (χ0v) is 13.9. The Morgan fingerprint density at radius 3 is 2.62 bits per heavy atom. The summed E-state index contributed by atoms with van der Waals surface area (Å²) in [5, 5.41) is 9.51. The first kappa shape index (κ1) is 18.5. The third-order valence-electron chi connectivity index (χ3n) is 4.24. The Hall–Kier alpha value is -0.585. The van der Waals surface area contributed by atoms with Crippen molar-refractivity contribution in [2.45, 2.75) is 38.5 Å². The Morgan fingerprint density at radius 2 is 2.14 bits per heavy atom. The minimum atomic E-state index is -1.14. The number of rotatable bonds is 8. The van der Waals surface area contributed by atoms with E-state index in [1.165, 1.54) is 0 Å². The van der Waals surface area contributed by atoms with E-state index in [4.69, 9.17) is 13.6 Å². The third-order valence-corrected chi connectivity index (χ3v) is 4.24. The van der Waals surface area contributed by atoms with E-state index in [9.17, 15) is 9.90 Å². The monoisotopic (exact) mass is 295 g/mol. The molecule has 1 rings (SSSR count). The molecule has 0 amide bonds. The molecule has 0 saturated carbocycles. The van der Waals surface area contributed by atoms with Gasteiger partial charge < -0.3 is 15.7 Å². The molecule has 0 bridgehead atoms. The molecule has 0 aromatic carbocycles. The SMILES string of the molecule is [B]CCC[C@H]1CN(CC(C)(C)CN(C)C)C[C@@]1(N)C(=O)O. The van der Waals surface area contributed by atoms with Gasteiger partial charge in [0.1, 0.15) is 5.54 Å². The summed E-state index contributed by atoms with van der Waals surface area (Å²) in [6, 6.07) is 0. The van der Waals surface area contributed by atoms with Gasteiger partial charge in [-0.3, -0.25) is 9.69 Å². The second kappa shape index (κ2) is 7.12. The quantitative estimate of drug-likeness (QED) is 0.644. The molecule has 0 spiro atoms. The maximum atomic E-state index is 11.6. The Balaban J connectivity index is 2.73. The number of hydrogen-bond donors (Lipinski definition) is 2. The molecule has 0 unspecified atom stereocenters. The molecule has 1 fully saturated rings. The second-order valence-electron chi connectivity index (χ2n) is 7.54. The van der Waals surface area contributed by atoms with Crippen molar-refractivity contribution >= 4 is 13.8 Å². The highest BCUT2D eigenvalue weighted by Gasteiger charge is 2.49. The van der Waals surface area contributed by atoms with E-state index in [1.807, 2.05) is 0 Å². The van der Waals surface area contributed by atoms with Gasteiger partial charge in [-0.05, 0) is 25.9 Å². The largest absolute Gasteiger partial charge is 0.480 e. The standard InChI is InChI=1S/C15H30BN3O2/c1-14(2,9-18(3)4)10-19-8-12(6-5-7-16)15(17,11-19)13(20)21/h12H,5-11,17H2,1-4H3,(H,20,21)/t12-,15-/m0/s1. The average Bonchev–Trinajstić information content (AvgIpc) is 2.61. The Bertz CT molecular complexity index is 363. The smallest absolute Gasteiger partial charge is 0.325 e. The van der Waals surface area contributed by atoms with Crippen LogP contribution in [0.4, 0.5) is 0 Å². The lowest BCUT2D eigenvalue weighted by atomic mass is 9.83. The van der Waals surface area contributed by atoms with Crippen molar-refractivity contribution in [3.63, 3.8) is 0 Å². The summed E-state index contributed by atoms with van der Waals surface area (Å²) < 4.78 is 0. The van der Waals surface area contributed by atoms with Gasteiger partial charge in [-0.15, -0.1) is 0 Å². The van der Waals surface area contributed by atoms with Crippen LogP contribution >= 0.6 is 0 Å². The summed E-state index contributed by atoms with van der Waals surface area (Å²) in [6.07, 6.45) is 2.19. The molecule has 120 valence electrons. The first-order valence-corrected chi connectivity index (χ1v) is 7.70. The third kappa shape index (κ3) is 4.97. The van der Waals surface area contributed by atoms with Crippen LogP contribution < -0.4 is 5.73 Å². The fourth-order valence-electron chi connectivity index (χ4n) is 3.63. The molecule has 0 aromatic heterocycles. The molecule has 2 radical (unpaired) electrons. The summed E-state index contributed by atoms with van der Waals surface area (Å²) in [5.41, 5.74) is 5.17. The van der Waals surface area contributed by atoms with Gasteiger partial charge in [0, 0.05) is 32.1 Å². The first-order valence-electron chi connectivity index (χ1n) is 7.70. The molecule has 1 aliphatic rings. The fourth-order valence-corrected chi connectivity index (χ4v) is 3.63. The number of likely N-dealkylation sites (tertiary alicyclic amines) is 1. The molecule has 0 aromatic rings. The van der Waals surface area contributed by atoms with Crippen molar-refractivity contribution in [1.29, 1.82) is 0 Å². The lowest BCUT2D eigenvalue weighted by molar-refractivity contribution is -0.144. The number of aliphatic carboxylic acids is 1. The van der Waals surface area contributed by atoms with Crippen molar-refractivity contribution in [1.82, 2.24) is 9.80 Å². The van der Waals surface area contributed by atoms with Crippen LogP contribution in [0.2, 0.25) is 6.32 Å². The van der Waals surface area contributed by atoms with Crippen molar-refractivity contribution in [3.8, 4) is 0 Å². The van der Waals surface area contributed by atoms with Crippen molar-refractivity contribution in [2.24, 2.45) is 17.1 Å². The van der Waals surface area contributed by atoms with Crippen LogP contribution in [0.25, 0.3) is 0 Å². The van der Waals surface area contributed by atoms with Crippen molar-refractivity contribution in [3.05, 3.63) is 0 Å². The van der Waals surface area contributed by atoms with Gasteiger partial charge in [-0.2, -0.15) is 0 Å². The number of nitrogens with two attached hydrogens (primary N) is 1. The second-order valence-corrected chi connectivity index (χ2v) is 7.54. The average molecular weight is 295 g/mol. The van der Waals surface area contributed by atoms with Crippen LogP contribution in [0.5, 0.6) is 0 Å². The van der Waals surface area contributed by atoms with E-state index in [0.29, 0.717) is 12.9 Å². The van der Waals surface area contributed by atoms with Crippen molar-refractivity contribution < 1.29 is 9.90 Å². The summed E-state index contributed by atoms with van der Waals surface area (Å²) in [5.74, 6) is -0.911. The molecule has 1 heterocycles. The van der Waals surface area contributed by atoms with Crippen LogP contribution in [0.3, 0.4) is 0 Å². The summed E-state index contributed by atoms with van der Waals surface area (Å²) in [4.78, 5) is 16.0. The minimum absolute atomic E-state index is 0.0197. The maximum absolute atomic E-state index is 11.6. The van der Waals surface area contributed by atoms with E-state index in [0.717, 1.165) is 32.5 Å². The molecule has 6 heteroatoms. The molecule has 3 N–H and O–H groups in total. The lowest BCUT2D eigenvalue weighted by Crippen LogP contribution is -2.55.